The van der Waals surface area contributed by atoms with Gasteiger partial charge in [0.1, 0.15) is 6.04 Å². The van der Waals surface area contributed by atoms with Crippen molar-refractivity contribution >= 4 is 58.2 Å². The maximum Gasteiger partial charge on any atom is 0.242 e. The number of rotatable bonds is 8. The molecule has 2 amide bonds. The summed E-state index contributed by atoms with van der Waals surface area (Å²) >= 11 is 24.3. The summed E-state index contributed by atoms with van der Waals surface area (Å²) in [6.45, 7) is 6.45. The van der Waals surface area contributed by atoms with Crippen molar-refractivity contribution < 1.29 is 9.59 Å². The van der Waals surface area contributed by atoms with Crippen LogP contribution in [0.5, 0.6) is 0 Å². The van der Waals surface area contributed by atoms with E-state index in [0.29, 0.717) is 38.1 Å². The van der Waals surface area contributed by atoms with Crippen LogP contribution >= 0.6 is 46.4 Å². The summed E-state index contributed by atoms with van der Waals surface area (Å²) in [5.74, 6) is -0.162. The maximum absolute atomic E-state index is 13.2. The molecular formula is C22H24Cl4N2O2. The second-order valence-electron chi connectivity index (χ2n) is 7.50. The number of carbonyl (C=O) groups excluding carboxylic acids is 2. The Hall–Kier alpha value is -1.46. The molecule has 2 aromatic rings. The van der Waals surface area contributed by atoms with Crippen molar-refractivity contribution in [3.8, 4) is 0 Å². The van der Waals surface area contributed by atoms with Crippen LogP contribution in [0.3, 0.4) is 0 Å². The topological polar surface area (TPSA) is 49.4 Å². The molecule has 1 unspecified atom stereocenters. The van der Waals surface area contributed by atoms with E-state index in [1.165, 1.54) is 4.90 Å². The Balaban J connectivity index is 2.27. The van der Waals surface area contributed by atoms with Gasteiger partial charge in [-0.1, -0.05) is 72.4 Å². The highest BCUT2D eigenvalue weighted by Crippen LogP contribution is 2.25. The van der Waals surface area contributed by atoms with Crippen LogP contribution in [0, 0.1) is 5.92 Å². The zero-order valence-corrected chi connectivity index (χ0v) is 20.0. The van der Waals surface area contributed by atoms with Gasteiger partial charge in [0.15, 0.2) is 0 Å². The van der Waals surface area contributed by atoms with Gasteiger partial charge >= 0.3 is 0 Å². The average molecular weight is 490 g/mol. The molecule has 4 nitrogen and oxygen atoms in total. The Labute approximate surface area is 197 Å². The molecule has 0 aliphatic rings. The first-order valence-electron chi connectivity index (χ1n) is 9.53. The molecule has 30 heavy (non-hydrogen) atoms. The molecule has 0 aliphatic heterocycles. The lowest BCUT2D eigenvalue weighted by Gasteiger charge is -2.29. The van der Waals surface area contributed by atoms with Gasteiger partial charge in [-0.3, -0.25) is 9.59 Å². The number of amides is 2. The molecule has 0 heterocycles. The third-order valence-corrected chi connectivity index (χ3v) is 5.87. The number of hydrogen-bond acceptors (Lipinski definition) is 2. The second-order valence-corrected chi connectivity index (χ2v) is 9.16. The van der Waals surface area contributed by atoms with Gasteiger partial charge in [-0.15, -0.1) is 0 Å². The van der Waals surface area contributed by atoms with Crippen LogP contribution in [-0.4, -0.2) is 29.3 Å². The highest BCUT2D eigenvalue weighted by Gasteiger charge is 2.27. The zero-order valence-electron chi connectivity index (χ0n) is 17.0. The fourth-order valence-electron chi connectivity index (χ4n) is 2.80. The number of carbonyl (C=O) groups is 2. The molecule has 2 aromatic carbocycles. The third kappa shape index (κ3) is 7.05. The van der Waals surface area contributed by atoms with Crippen molar-refractivity contribution in [3.63, 3.8) is 0 Å². The summed E-state index contributed by atoms with van der Waals surface area (Å²) in [4.78, 5) is 27.4. The minimum atomic E-state index is -0.684. The zero-order chi connectivity index (χ0) is 22.4. The summed E-state index contributed by atoms with van der Waals surface area (Å²) in [5, 5.41) is 4.59. The van der Waals surface area contributed by atoms with Crippen LogP contribution in [0.25, 0.3) is 0 Å². The molecule has 0 bridgehead atoms. The average Bonchev–Trinajstić information content (AvgIpc) is 2.68. The van der Waals surface area contributed by atoms with Crippen molar-refractivity contribution in [2.75, 3.05) is 6.54 Å². The Morgan fingerprint density at radius 3 is 2.23 bits per heavy atom. The van der Waals surface area contributed by atoms with Gasteiger partial charge in [0, 0.05) is 23.1 Å². The lowest BCUT2D eigenvalue weighted by molar-refractivity contribution is -0.140. The van der Waals surface area contributed by atoms with Crippen molar-refractivity contribution in [2.45, 2.75) is 39.8 Å². The number of hydrogen-bond donors (Lipinski definition) is 1. The molecule has 8 heteroatoms. The molecule has 2 rings (SSSR count). The van der Waals surface area contributed by atoms with Gasteiger partial charge in [0.2, 0.25) is 11.8 Å². The monoisotopic (exact) mass is 488 g/mol. The number of halogens is 4. The number of nitrogens with zero attached hydrogens (tertiary/aromatic N) is 1. The third-order valence-electron chi connectivity index (χ3n) is 4.55. The predicted octanol–water partition coefficient (Wildman–Crippen LogP) is 6.03. The number of benzene rings is 2. The van der Waals surface area contributed by atoms with E-state index in [-0.39, 0.29) is 24.8 Å². The molecule has 162 valence electrons. The molecule has 1 N–H and O–H groups in total. The van der Waals surface area contributed by atoms with Crippen molar-refractivity contribution in [1.29, 1.82) is 0 Å². The molecule has 0 saturated carbocycles. The van der Waals surface area contributed by atoms with Crippen LogP contribution in [0.15, 0.2) is 36.4 Å². The number of nitrogens with one attached hydrogen (secondary N) is 1. The first-order valence-corrected chi connectivity index (χ1v) is 11.0. The predicted molar refractivity (Wildman–Crippen MR) is 124 cm³/mol. The second kappa shape index (κ2) is 11.2. The molecule has 1 atom stereocenters. The van der Waals surface area contributed by atoms with Gasteiger partial charge in [-0.2, -0.15) is 0 Å². The lowest BCUT2D eigenvalue weighted by atomic mass is 10.1. The van der Waals surface area contributed by atoms with Crippen molar-refractivity contribution in [3.05, 3.63) is 67.6 Å². The van der Waals surface area contributed by atoms with E-state index in [2.05, 4.69) is 5.32 Å². The SMILES string of the molecule is CC(C)CNC(=O)C(C)N(Cc1ccc(Cl)c(Cl)c1)C(=O)Cc1ccc(Cl)cc1Cl. The lowest BCUT2D eigenvalue weighted by Crippen LogP contribution is -2.48. The molecular weight excluding hydrogens is 466 g/mol. The molecule has 0 radical (unpaired) electrons. The van der Waals surface area contributed by atoms with Gasteiger partial charge in [0.05, 0.1) is 16.5 Å². The molecule has 0 spiro atoms. The Bertz CT molecular complexity index is 918. The van der Waals surface area contributed by atoms with E-state index in [0.717, 1.165) is 5.56 Å². The van der Waals surface area contributed by atoms with Crippen LogP contribution in [0.4, 0.5) is 0 Å². The molecule has 0 fully saturated rings. The highest BCUT2D eigenvalue weighted by atomic mass is 35.5. The molecule has 0 saturated heterocycles. The minimum absolute atomic E-state index is 0.0408. The highest BCUT2D eigenvalue weighted by molar-refractivity contribution is 6.42. The largest absolute Gasteiger partial charge is 0.354 e. The standard InChI is InChI=1S/C22H24Cl4N2O2/c1-13(2)11-27-22(30)14(3)28(12-15-4-7-18(24)20(26)8-15)21(29)9-16-5-6-17(23)10-19(16)25/h4-8,10,13-14H,9,11-12H2,1-3H3,(H,27,30). The summed E-state index contributed by atoms with van der Waals surface area (Å²) in [6, 6.07) is 9.44. The first-order chi connectivity index (χ1) is 14.1. The van der Waals surface area contributed by atoms with E-state index in [1.54, 1.807) is 43.3 Å². The van der Waals surface area contributed by atoms with E-state index in [1.807, 2.05) is 13.8 Å². The Morgan fingerprint density at radius 1 is 0.933 bits per heavy atom. The normalized spacial score (nSPS) is 12.0. The van der Waals surface area contributed by atoms with Gasteiger partial charge < -0.3 is 10.2 Å². The van der Waals surface area contributed by atoms with Crippen molar-refractivity contribution in [2.24, 2.45) is 5.92 Å². The van der Waals surface area contributed by atoms with Gasteiger partial charge in [0.25, 0.3) is 0 Å². The molecule has 0 aliphatic carbocycles. The van der Waals surface area contributed by atoms with Crippen LogP contribution in [0.2, 0.25) is 20.1 Å². The Morgan fingerprint density at radius 2 is 1.63 bits per heavy atom. The summed E-state index contributed by atoms with van der Waals surface area (Å²) < 4.78 is 0. The van der Waals surface area contributed by atoms with Crippen LogP contribution in [0.1, 0.15) is 31.9 Å². The van der Waals surface area contributed by atoms with E-state index >= 15 is 0 Å². The summed E-state index contributed by atoms with van der Waals surface area (Å²) in [6.07, 6.45) is 0.0408. The first kappa shape index (κ1) is 24.8. The van der Waals surface area contributed by atoms with E-state index < -0.39 is 6.04 Å². The maximum atomic E-state index is 13.2. The molecule has 0 aromatic heterocycles. The van der Waals surface area contributed by atoms with Gasteiger partial charge in [-0.25, -0.2) is 0 Å². The summed E-state index contributed by atoms with van der Waals surface area (Å²) in [5.41, 5.74) is 1.41. The summed E-state index contributed by atoms with van der Waals surface area (Å²) in [7, 11) is 0. The Kier molecular flexibility index (Phi) is 9.30. The van der Waals surface area contributed by atoms with Gasteiger partial charge in [-0.05, 0) is 48.2 Å². The fraction of sp³-hybridized carbons (Fsp3) is 0.364. The van der Waals surface area contributed by atoms with Crippen LogP contribution in [-0.2, 0) is 22.6 Å². The quantitative estimate of drug-likeness (QED) is 0.491. The minimum Gasteiger partial charge on any atom is -0.354 e. The van der Waals surface area contributed by atoms with E-state index in [9.17, 15) is 9.59 Å². The van der Waals surface area contributed by atoms with Crippen LogP contribution < -0.4 is 5.32 Å². The smallest absolute Gasteiger partial charge is 0.242 e. The van der Waals surface area contributed by atoms with Crippen molar-refractivity contribution in [1.82, 2.24) is 10.2 Å². The van der Waals surface area contributed by atoms with E-state index in [4.69, 9.17) is 46.4 Å². The fourth-order valence-corrected chi connectivity index (χ4v) is 3.60.